The fourth-order valence-electron chi connectivity index (χ4n) is 4.46. The summed E-state index contributed by atoms with van der Waals surface area (Å²) in [7, 11) is 0. The highest BCUT2D eigenvalue weighted by molar-refractivity contribution is 5.75. The number of hydrogen-bond donors (Lipinski definition) is 1. The Morgan fingerprint density at radius 2 is 1.51 bits per heavy atom. The molecule has 4 rings (SSSR count). The molecular formula is C26H22F8N2O3. The number of halogens is 8. The van der Waals surface area contributed by atoms with Crippen LogP contribution in [0.3, 0.4) is 0 Å². The lowest BCUT2D eigenvalue weighted by molar-refractivity contribution is -0.274. The zero-order valence-corrected chi connectivity index (χ0v) is 20.0. The van der Waals surface area contributed by atoms with Gasteiger partial charge in [0.1, 0.15) is 11.5 Å². The number of ether oxygens (including phenoxy) is 2. The average molecular weight is 562 g/mol. The summed E-state index contributed by atoms with van der Waals surface area (Å²) in [5, 5.41) is 9.92. The van der Waals surface area contributed by atoms with Crippen molar-refractivity contribution < 1.29 is 49.7 Å². The summed E-state index contributed by atoms with van der Waals surface area (Å²) < 4.78 is 112. The second kappa shape index (κ2) is 11.2. The Hall–Kier alpha value is -3.74. The molecular weight excluding hydrogens is 540 g/mol. The number of nitrogens with zero attached hydrogens (tertiary/aromatic N) is 2. The van der Waals surface area contributed by atoms with Crippen LogP contribution in [0.15, 0.2) is 72.8 Å². The first-order valence-corrected chi connectivity index (χ1v) is 11.5. The first kappa shape index (κ1) is 28.3. The highest BCUT2D eigenvalue weighted by atomic mass is 19.4. The first-order valence-electron chi connectivity index (χ1n) is 11.5. The van der Waals surface area contributed by atoms with Crippen LogP contribution in [0.2, 0.25) is 0 Å². The third kappa shape index (κ3) is 7.22. The molecule has 0 radical (unpaired) electrons. The summed E-state index contributed by atoms with van der Waals surface area (Å²) in [6, 6.07) is 16.3. The van der Waals surface area contributed by atoms with E-state index in [1.54, 1.807) is 35.2 Å². The Morgan fingerprint density at radius 3 is 2.18 bits per heavy atom. The van der Waals surface area contributed by atoms with E-state index in [1.807, 2.05) is 0 Å². The van der Waals surface area contributed by atoms with Crippen LogP contribution in [0.4, 0.5) is 46.5 Å². The molecule has 1 heterocycles. The van der Waals surface area contributed by atoms with Gasteiger partial charge in [-0.2, -0.15) is 22.0 Å². The van der Waals surface area contributed by atoms with Gasteiger partial charge in [0.25, 0.3) is 0 Å². The average Bonchev–Trinajstić information content (AvgIpc) is 2.83. The van der Waals surface area contributed by atoms with Gasteiger partial charge < -0.3 is 24.4 Å². The molecule has 13 heteroatoms. The Labute approximate surface area is 217 Å². The van der Waals surface area contributed by atoms with Crippen LogP contribution < -0.4 is 19.3 Å². The number of para-hydroxylation sites is 2. The molecule has 0 saturated heterocycles. The summed E-state index contributed by atoms with van der Waals surface area (Å²) in [5.41, 5.74) is 1.52. The molecule has 210 valence electrons. The second-order valence-corrected chi connectivity index (χ2v) is 8.74. The van der Waals surface area contributed by atoms with Crippen molar-refractivity contribution in [1.29, 1.82) is 0 Å². The highest BCUT2D eigenvalue weighted by Crippen LogP contribution is 2.43. The van der Waals surface area contributed by atoms with Crippen molar-refractivity contribution in [2.24, 2.45) is 0 Å². The number of alkyl halides is 8. The van der Waals surface area contributed by atoms with Crippen LogP contribution in [0, 0.1) is 0 Å². The minimum atomic E-state index is -4.92. The third-order valence-electron chi connectivity index (χ3n) is 6.02. The topological polar surface area (TPSA) is 45.2 Å². The monoisotopic (exact) mass is 562 g/mol. The predicted octanol–water partition coefficient (Wildman–Crippen LogP) is 6.68. The molecule has 1 aliphatic rings. The Balaban J connectivity index is 1.74. The van der Waals surface area contributed by atoms with Crippen LogP contribution in [-0.2, 0) is 6.54 Å². The van der Waals surface area contributed by atoms with Crippen LogP contribution in [-0.4, -0.2) is 43.5 Å². The molecule has 39 heavy (non-hydrogen) atoms. The standard InChI is InChI=1S/C26H22F8N2O3/c27-24(28)38-18-7-4-6-17(12-18)22-14-35(13-16-5-3-8-19(11-16)39-26(32,33)34)20-9-1-2-10-21(20)36(22)15-23(37)25(29,30)31/h1-12,22-24,37H,13-15H2. The fraction of sp³-hybridized carbons (Fsp3) is 0.308. The third-order valence-corrected chi connectivity index (χ3v) is 6.02. The van der Waals surface area contributed by atoms with Gasteiger partial charge in [-0.25, -0.2) is 0 Å². The van der Waals surface area contributed by atoms with E-state index in [4.69, 9.17) is 0 Å². The van der Waals surface area contributed by atoms with Gasteiger partial charge in [-0.1, -0.05) is 36.4 Å². The summed E-state index contributed by atoms with van der Waals surface area (Å²) >= 11 is 0. The number of aliphatic hydroxyl groups is 1. The van der Waals surface area contributed by atoms with Gasteiger partial charge in [-0.15, -0.1) is 13.2 Å². The summed E-state index contributed by atoms with van der Waals surface area (Å²) in [4.78, 5) is 3.07. The predicted molar refractivity (Wildman–Crippen MR) is 126 cm³/mol. The van der Waals surface area contributed by atoms with Crippen molar-refractivity contribution in [2.45, 2.75) is 37.8 Å². The molecule has 0 saturated carbocycles. The van der Waals surface area contributed by atoms with Crippen molar-refractivity contribution >= 4 is 11.4 Å². The molecule has 1 aliphatic heterocycles. The Bertz CT molecular complexity index is 1270. The van der Waals surface area contributed by atoms with Crippen molar-refractivity contribution in [3.8, 4) is 11.5 Å². The minimum absolute atomic E-state index is 0.00405. The molecule has 0 aliphatic carbocycles. The van der Waals surface area contributed by atoms with E-state index in [1.165, 1.54) is 41.3 Å². The molecule has 3 aromatic carbocycles. The lowest BCUT2D eigenvalue weighted by atomic mass is 9.98. The lowest BCUT2D eigenvalue weighted by Crippen LogP contribution is -2.49. The van der Waals surface area contributed by atoms with Crippen LogP contribution in [0.5, 0.6) is 11.5 Å². The largest absolute Gasteiger partial charge is 0.573 e. The highest BCUT2D eigenvalue weighted by Gasteiger charge is 2.42. The van der Waals surface area contributed by atoms with Gasteiger partial charge in [0, 0.05) is 13.1 Å². The van der Waals surface area contributed by atoms with E-state index in [2.05, 4.69) is 9.47 Å². The summed E-state index contributed by atoms with van der Waals surface area (Å²) in [6.07, 6.45) is -12.5. The Kier molecular flexibility index (Phi) is 8.09. The molecule has 0 bridgehead atoms. The number of β-amino-alcohol motifs (C(OH)–C–C–N with tert-alkyl or cyclic N) is 1. The van der Waals surface area contributed by atoms with Gasteiger partial charge in [0.15, 0.2) is 6.10 Å². The number of benzene rings is 3. The number of fused-ring (bicyclic) bond motifs is 1. The Morgan fingerprint density at radius 1 is 0.846 bits per heavy atom. The minimum Gasteiger partial charge on any atom is -0.435 e. The van der Waals surface area contributed by atoms with Gasteiger partial charge >= 0.3 is 19.2 Å². The summed E-state index contributed by atoms with van der Waals surface area (Å²) in [6.45, 7) is -3.93. The van der Waals surface area contributed by atoms with Crippen molar-refractivity contribution in [3.63, 3.8) is 0 Å². The summed E-state index contributed by atoms with van der Waals surface area (Å²) in [5.74, 6) is -0.644. The molecule has 0 amide bonds. The first-order chi connectivity index (χ1) is 18.3. The number of rotatable bonds is 8. The number of aliphatic hydroxyl groups excluding tert-OH is 1. The SMILES string of the molecule is OC(CN1c2ccccc2N(Cc2cccc(OC(F)(F)F)c2)CC1c1cccc(OC(F)F)c1)C(F)(F)F. The quantitative estimate of drug-likeness (QED) is 0.311. The zero-order chi connectivity index (χ0) is 28.4. The zero-order valence-electron chi connectivity index (χ0n) is 20.0. The van der Waals surface area contributed by atoms with Gasteiger partial charge in [0.05, 0.1) is 24.0 Å². The normalized spacial score (nSPS) is 16.7. The van der Waals surface area contributed by atoms with Crippen LogP contribution in [0.1, 0.15) is 17.2 Å². The van der Waals surface area contributed by atoms with E-state index in [0.717, 1.165) is 6.07 Å². The molecule has 0 aromatic heterocycles. The van der Waals surface area contributed by atoms with Crippen LogP contribution >= 0.6 is 0 Å². The van der Waals surface area contributed by atoms with E-state index >= 15 is 0 Å². The number of hydrogen-bond acceptors (Lipinski definition) is 5. The molecule has 2 atom stereocenters. The van der Waals surface area contributed by atoms with Crippen LogP contribution in [0.25, 0.3) is 0 Å². The van der Waals surface area contributed by atoms with Crippen molar-refractivity contribution in [2.75, 3.05) is 22.9 Å². The fourth-order valence-corrected chi connectivity index (χ4v) is 4.46. The smallest absolute Gasteiger partial charge is 0.435 e. The van der Waals surface area contributed by atoms with Crippen molar-refractivity contribution in [3.05, 3.63) is 83.9 Å². The molecule has 1 N–H and O–H groups in total. The van der Waals surface area contributed by atoms with Gasteiger partial charge in [-0.05, 0) is 47.5 Å². The number of anilines is 2. The van der Waals surface area contributed by atoms with E-state index in [-0.39, 0.29) is 18.8 Å². The maximum atomic E-state index is 13.4. The van der Waals surface area contributed by atoms with E-state index < -0.39 is 43.6 Å². The molecule has 5 nitrogen and oxygen atoms in total. The van der Waals surface area contributed by atoms with Crippen molar-refractivity contribution in [1.82, 2.24) is 0 Å². The second-order valence-electron chi connectivity index (χ2n) is 8.74. The maximum absolute atomic E-state index is 13.4. The maximum Gasteiger partial charge on any atom is 0.573 e. The van der Waals surface area contributed by atoms with Gasteiger partial charge in [-0.3, -0.25) is 0 Å². The molecule has 2 unspecified atom stereocenters. The molecule has 3 aromatic rings. The lowest BCUT2D eigenvalue weighted by Gasteiger charge is -2.45. The molecule has 0 fully saturated rings. The van der Waals surface area contributed by atoms with E-state index in [9.17, 15) is 40.2 Å². The van der Waals surface area contributed by atoms with E-state index in [0.29, 0.717) is 22.5 Å². The molecule has 0 spiro atoms. The van der Waals surface area contributed by atoms with Gasteiger partial charge in [0.2, 0.25) is 0 Å².